The van der Waals surface area contributed by atoms with E-state index in [1.54, 1.807) is 0 Å². The van der Waals surface area contributed by atoms with E-state index in [2.05, 4.69) is 36.2 Å². The molecule has 0 heterocycles. The monoisotopic (exact) mass is 239 g/mol. The fraction of sp³-hybridized carbons (Fsp3) is 0.200. The minimum Gasteiger partial charge on any atom is -0.505 e. The highest BCUT2D eigenvalue weighted by Crippen LogP contribution is 2.24. The Labute approximate surface area is 106 Å². The van der Waals surface area contributed by atoms with E-state index in [-0.39, 0.29) is 5.76 Å². The first-order chi connectivity index (χ1) is 8.72. The van der Waals surface area contributed by atoms with E-state index in [1.807, 2.05) is 12.1 Å². The predicted molar refractivity (Wildman–Crippen MR) is 72.8 cm³/mol. The number of fused-ring (bicyclic) bond motifs is 1. The summed E-state index contributed by atoms with van der Waals surface area (Å²) in [5, 5.41) is 20.2. The number of nitrogens with zero attached hydrogens (tertiary/aromatic N) is 2. The summed E-state index contributed by atoms with van der Waals surface area (Å²) in [7, 11) is 0. The van der Waals surface area contributed by atoms with Crippen molar-refractivity contribution in [2.45, 2.75) is 19.8 Å². The number of diazo groups is 1. The summed E-state index contributed by atoms with van der Waals surface area (Å²) < 4.78 is 0. The van der Waals surface area contributed by atoms with Gasteiger partial charge in [-0.05, 0) is 35.2 Å². The van der Waals surface area contributed by atoms with Crippen LogP contribution in [0.2, 0.25) is 0 Å². The van der Waals surface area contributed by atoms with Crippen molar-refractivity contribution in [3.63, 3.8) is 0 Å². The van der Waals surface area contributed by atoms with Gasteiger partial charge in [0, 0.05) is 6.42 Å². The van der Waals surface area contributed by atoms with Gasteiger partial charge in [0.15, 0.2) is 10.7 Å². The van der Waals surface area contributed by atoms with Gasteiger partial charge in [-0.1, -0.05) is 36.4 Å². The van der Waals surface area contributed by atoms with Crippen molar-refractivity contribution in [1.82, 2.24) is 0 Å². The molecule has 0 atom stereocenters. The molecule has 0 aliphatic carbocycles. The van der Waals surface area contributed by atoms with Gasteiger partial charge in [-0.3, -0.25) is 0 Å². The van der Waals surface area contributed by atoms with Crippen LogP contribution in [0.5, 0.6) is 0 Å². The molecule has 3 nitrogen and oxygen atoms in total. The Kier molecular flexibility index (Phi) is 3.59. The minimum absolute atomic E-state index is 0.0878. The molecular weight excluding hydrogens is 224 g/mol. The second-order valence-corrected chi connectivity index (χ2v) is 4.32. The second kappa shape index (κ2) is 5.33. The number of hydrogen-bond donors (Lipinski definition) is 1. The molecule has 0 aromatic heterocycles. The Hall–Kier alpha value is -2.34. The summed E-state index contributed by atoms with van der Waals surface area (Å²) >= 11 is 0. The van der Waals surface area contributed by atoms with Crippen LogP contribution in [-0.2, 0) is 6.42 Å². The lowest BCUT2D eigenvalue weighted by Crippen LogP contribution is -1.93. The highest BCUT2D eigenvalue weighted by atomic mass is 16.3. The second-order valence-electron chi connectivity index (χ2n) is 4.32. The fourth-order valence-corrected chi connectivity index (χ4v) is 2.16. The predicted octanol–water partition coefficient (Wildman–Crippen LogP) is 4.33. The molecule has 0 fully saturated rings. The third-order valence-electron chi connectivity index (χ3n) is 3.11. The number of rotatable bonds is 3. The first kappa shape index (κ1) is 12.1. The highest BCUT2D eigenvalue weighted by Gasteiger charge is 2.07. The molecule has 1 N–H and O–H groups in total. The SMILES string of the molecule is Cc1ccc2ccccc2c1CC/C(O)=C\[N+]#N. The molecule has 0 radical (unpaired) electrons. The normalized spacial score (nSPS) is 11.4. The largest absolute Gasteiger partial charge is 0.505 e. The van der Waals surface area contributed by atoms with Crippen LogP contribution >= 0.6 is 0 Å². The summed E-state index contributed by atoms with van der Waals surface area (Å²) in [6.07, 6.45) is 2.27. The topological polar surface area (TPSA) is 48.4 Å². The summed E-state index contributed by atoms with van der Waals surface area (Å²) in [6, 6.07) is 12.4. The zero-order valence-corrected chi connectivity index (χ0v) is 10.3. The van der Waals surface area contributed by atoms with E-state index in [1.165, 1.54) is 21.9 Å². The lowest BCUT2D eigenvalue weighted by atomic mass is 9.96. The maximum atomic E-state index is 9.48. The van der Waals surface area contributed by atoms with Crippen LogP contribution in [0.25, 0.3) is 15.7 Å². The highest BCUT2D eigenvalue weighted by molar-refractivity contribution is 5.86. The van der Waals surface area contributed by atoms with Crippen LogP contribution in [0.15, 0.2) is 48.4 Å². The van der Waals surface area contributed by atoms with E-state index in [4.69, 9.17) is 5.39 Å². The molecule has 0 saturated carbocycles. The van der Waals surface area contributed by atoms with E-state index in [9.17, 15) is 5.11 Å². The maximum Gasteiger partial charge on any atom is 0.387 e. The Balaban J connectivity index is 2.35. The number of aliphatic hydroxyl groups is 1. The van der Waals surface area contributed by atoms with Crippen molar-refractivity contribution in [3.05, 3.63) is 64.5 Å². The zero-order chi connectivity index (χ0) is 13.0. The number of hydrogen-bond acceptors (Lipinski definition) is 2. The molecule has 2 aromatic rings. The van der Waals surface area contributed by atoms with Crippen LogP contribution in [0.3, 0.4) is 0 Å². The average molecular weight is 239 g/mol. The van der Waals surface area contributed by atoms with E-state index in [0.717, 1.165) is 12.6 Å². The average Bonchev–Trinajstić information content (AvgIpc) is 2.38. The molecule has 18 heavy (non-hydrogen) atoms. The van der Waals surface area contributed by atoms with Gasteiger partial charge in [0.05, 0.1) is 0 Å². The summed E-state index contributed by atoms with van der Waals surface area (Å²) in [5.74, 6) is 0.0878. The van der Waals surface area contributed by atoms with Gasteiger partial charge in [0.25, 0.3) is 0 Å². The summed E-state index contributed by atoms with van der Waals surface area (Å²) in [5.41, 5.74) is 2.44. The van der Waals surface area contributed by atoms with Crippen molar-refractivity contribution in [1.29, 1.82) is 5.39 Å². The van der Waals surface area contributed by atoms with E-state index in [0.29, 0.717) is 6.42 Å². The third kappa shape index (κ3) is 2.49. The third-order valence-corrected chi connectivity index (χ3v) is 3.11. The Morgan fingerprint density at radius 1 is 1.28 bits per heavy atom. The maximum absolute atomic E-state index is 9.48. The fourth-order valence-electron chi connectivity index (χ4n) is 2.16. The lowest BCUT2D eigenvalue weighted by molar-refractivity contribution is 0.388. The molecule has 0 aliphatic rings. The number of benzene rings is 2. The molecule has 3 heteroatoms. The first-order valence-electron chi connectivity index (χ1n) is 5.92. The van der Waals surface area contributed by atoms with Crippen LogP contribution in [0, 0.1) is 12.3 Å². The number of aryl methyl sites for hydroxylation is 2. The molecule has 0 spiro atoms. The van der Waals surface area contributed by atoms with Gasteiger partial charge < -0.3 is 5.11 Å². The van der Waals surface area contributed by atoms with Crippen LogP contribution in [0.4, 0.5) is 0 Å². The molecule has 0 amide bonds. The lowest BCUT2D eigenvalue weighted by Gasteiger charge is -2.09. The quantitative estimate of drug-likeness (QED) is 0.640. The Bertz CT molecular complexity index is 638. The Morgan fingerprint density at radius 2 is 2.06 bits per heavy atom. The van der Waals surface area contributed by atoms with Crippen LogP contribution in [-0.4, -0.2) is 5.11 Å². The molecule has 0 unspecified atom stereocenters. The van der Waals surface area contributed by atoms with Crippen molar-refractivity contribution >= 4 is 10.8 Å². The van der Waals surface area contributed by atoms with Crippen molar-refractivity contribution in [3.8, 4) is 0 Å². The van der Waals surface area contributed by atoms with Gasteiger partial charge in [0.2, 0.25) is 5.39 Å². The van der Waals surface area contributed by atoms with Crippen LogP contribution in [0.1, 0.15) is 17.5 Å². The molecule has 0 bridgehead atoms. The minimum atomic E-state index is 0.0878. The molecule has 2 aromatic carbocycles. The van der Waals surface area contributed by atoms with E-state index >= 15 is 0 Å². The van der Waals surface area contributed by atoms with E-state index < -0.39 is 0 Å². The van der Waals surface area contributed by atoms with Gasteiger partial charge in [-0.2, -0.15) is 0 Å². The van der Waals surface area contributed by atoms with Crippen LogP contribution < -0.4 is 0 Å². The smallest absolute Gasteiger partial charge is 0.387 e. The Morgan fingerprint density at radius 3 is 2.83 bits per heavy atom. The zero-order valence-electron chi connectivity index (χ0n) is 10.3. The molecule has 0 saturated heterocycles. The van der Waals surface area contributed by atoms with Crippen molar-refractivity contribution in [2.24, 2.45) is 0 Å². The van der Waals surface area contributed by atoms with Gasteiger partial charge in [0.1, 0.15) is 0 Å². The van der Waals surface area contributed by atoms with Crippen molar-refractivity contribution in [2.75, 3.05) is 0 Å². The molecular formula is C15H15N2O+. The van der Waals surface area contributed by atoms with Gasteiger partial charge in [-0.15, -0.1) is 0 Å². The van der Waals surface area contributed by atoms with Gasteiger partial charge in [-0.25, -0.2) is 0 Å². The molecule has 90 valence electrons. The molecule has 2 rings (SSSR count). The van der Waals surface area contributed by atoms with Crippen molar-refractivity contribution < 1.29 is 5.11 Å². The standard InChI is InChI=1S/C15H14N2O/c1-11-6-7-12-4-2-3-5-15(12)14(11)9-8-13(18)10-17-16/h2-7,10H,8-9H2,1H3/p+1/b13-10+. The summed E-state index contributed by atoms with van der Waals surface area (Å²) in [6.45, 7) is 2.07. The summed E-state index contributed by atoms with van der Waals surface area (Å²) in [4.78, 5) is 2.82. The first-order valence-corrected chi connectivity index (χ1v) is 5.92. The number of allylic oxidation sites excluding steroid dienone is 1. The molecule has 0 aliphatic heterocycles. The van der Waals surface area contributed by atoms with Gasteiger partial charge >= 0.3 is 6.20 Å². The number of aliphatic hydroxyl groups excluding tert-OH is 1.